The summed E-state index contributed by atoms with van der Waals surface area (Å²) in [6.07, 6.45) is 2.85. The number of nitrogens with zero attached hydrogens (tertiary/aromatic N) is 6. The minimum Gasteiger partial charge on any atom is -0.444 e. The topological polar surface area (TPSA) is 102 Å². The molecule has 0 saturated carbocycles. The van der Waals surface area contributed by atoms with Crippen LogP contribution in [0.4, 0.5) is 16.3 Å². The van der Waals surface area contributed by atoms with Crippen LogP contribution in [0.1, 0.15) is 27.7 Å². The molecule has 1 saturated heterocycles. The second-order valence-electron chi connectivity index (χ2n) is 8.93. The lowest BCUT2D eigenvalue weighted by Gasteiger charge is -2.41. The Morgan fingerprint density at radius 2 is 2.03 bits per heavy atom. The van der Waals surface area contributed by atoms with E-state index in [1.54, 1.807) is 11.1 Å². The van der Waals surface area contributed by atoms with Crippen LogP contribution in [0.25, 0.3) is 22.4 Å². The summed E-state index contributed by atoms with van der Waals surface area (Å²) >= 11 is 0. The van der Waals surface area contributed by atoms with Crippen LogP contribution in [-0.4, -0.2) is 61.8 Å². The Bertz CT molecular complexity index is 1120. The number of imidazole rings is 1. The van der Waals surface area contributed by atoms with Gasteiger partial charge in [0.25, 0.3) is 0 Å². The third kappa shape index (κ3) is 3.99. The molecule has 1 aliphatic heterocycles. The fourth-order valence-corrected chi connectivity index (χ4v) is 4.02. The van der Waals surface area contributed by atoms with Gasteiger partial charge in [-0.1, -0.05) is 6.07 Å². The summed E-state index contributed by atoms with van der Waals surface area (Å²) in [7, 11) is 1.97. The van der Waals surface area contributed by atoms with Crippen LogP contribution >= 0.6 is 0 Å². The first kappa shape index (κ1) is 20.9. The molecule has 164 valence electrons. The molecule has 3 aromatic rings. The second kappa shape index (κ2) is 7.72. The molecule has 9 heteroatoms. The summed E-state index contributed by atoms with van der Waals surface area (Å²) in [5.41, 5.74) is 9.23. The third-order valence-corrected chi connectivity index (χ3v) is 5.45. The number of hydrogen-bond acceptors (Lipinski definition) is 7. The molecule has 0 aliphatic carbocycles. The number of aromatic nitrogens is 4. The normalized spacial score (nSPS) is 17.3. The predicted molar refractivity (Wildman–Crippen MR) is 121 cm³/mol. The van der Waals surface area contributed by atoms with E-state index in [1.807, 2.05) is 51.4 Å². The number of rotatable bonds is 2. The molecule has 0 spiro atoms. The van der Waals surface area contributed by atoms with Crippen molar-refractivity contribution in [3.8, 4) is 11.4 Å². The highest BCUT2D eigenvalue weighted by molar-refractivity contribution is 5.92. The number of carbonyl (C=O) groups excluding carboxylic acids is 1. The van der Waals surface area contributed by atoms with E-state index in [1.165, 1.54) is 6.33 Å². The lowest BCUT2D eigenvalue weighted by Crippen LogP contribution is -2.55. The molecule has 0 bridgehead atoms. The number of ether oxygens (including phenoxy) is 1. The Kier molecular flexibility index (Phi) is 5.20. The van der Waals surface area contributed by atoms with Crippen LogP contribution in [-0.2, 0) is 11.8 Å². The molecule has 0 unspecified atom stereocenters. The van der Waals surface area contributed by atoms with Crippen LogP contribution in [0.3, 0.4) is 0 Å². The summed E-state index contributed by atoms with van der Waals surface area (Å²) in [6, 6.07) is 6.10. The molecule has 1 aromatic carbocycles. The SMILES string of the molecule is C[C@H]1CN(c2cccc3nc(-c4cncnc4N)n(C)c23)CCN1C(=O)OC(C)(C)C. The molecular weight excluding hydrogens is 394 g/mol. The van der Waals surface area contributed by atoms with Crippen LogP contribution in [0.15, 0.2) is 30.7 Å². The largest absolute Gasteiger partial charge is 0.444 e. The van der Waals surface area contributed by atoms with Crippen molar-refractivity contribution < 1.29 is 9.53 Å². The number of aryl methyl sites for hydroxylation is 1. The van der Waals surface area contributed by atoms with Crippen molar-refractivity contribution >= 4 is 28.6 Å². The zero-order chi connectivity index (χ0) is 22.3. The minimum atomic E-state index is -0.506. The van der Waals surface area contributed by atoms with E-state index >= 15 is 0 Å². The number of para-hydroxylation sites is 1. The van der Waals surface area contributed by atoms with Gasteiger partial charge in [-0.25, -0.2) is 19.7 Å². The van der Waals surface area contributed by atoms with Gasteiger partial charge < -0.3 is 24.8 Å². The van der Waals surface area contributed by atoms with E-state index in [0.717, 1.165) is 22.5 Å². The Morgan fingerprint density at radius 1 is 1.26 bits per heavy atom. The van der Waals surface area contributed by atoms with Gasteiger partial charge in [0.15, 0.2) is 0 Å². The van der Waals surface area contributed by atoms with Crippen LogP contribution < -0.4 is 10.6 Å². The number of fused-ring (bicyclic) bond motifs is 1. The summed E-state index contributed by atoms with van der Waals surface area (Å²) < 4.78 is 7.60. The second-order valence-corrected chi connectivity index (χ2v) is 8.93. The molecule has 31 heavy (non-hydrogen) atoms. The summed E-state index contributed by atoms with van der Waals surface area (Å²) in [5.74, 6) is 1.12. The van der Waals surface area contributed by atoms with Gasteiger partial charge in [-0.05, 0) is 39.8 Å². The summed E-state index contributed by atoms with van der Waals surface area (Å²) in [5, 5.41) is 0. The number of nitrogen functional groups attached to an aromatic ring is 1. The Hall–Kier alpha value is -3.36. The van der Waals surface area contributed by atoms with Crippen molar-refractivity contribution in [2.24, 2.45) is 7.05 Å². The van der Waals surface area contributed by atoms with E-state index in [-0.39, 0.29) is 12.1 Å². The summed E-state index contributed by atoms with van der Waals surface area (Å²) in [4.78, 5) is 29.7. The maximum atomic E-state index is 12.6. The molecule has 2 N–H and O–H groups in total. The number of anilines is 2. The van der Waals surface area contributed by atoms with Crippen molar-refractivity contribution in [1.82, 2.24) is 24.4 Å². The van der Waals surface area contributed by atoms with Gasteiger partial charge in [0, 0.05) is 38.9 Å². The number of piperazine rings is 1. The Morgan fingerprint density at radius 3 is 2.71 bits per heavy atom. The predicted octanol–water partition coefficient (Wildman–Crippen LogP) is 3.06. The van der Waals surface area contributed by atoms with E-state index < -0.39 is 5.60 Å². The van der Waals surface area contributed by atoms with Gasteiger partial charge in [-0.2, -0.15) is 0 Å². The van der Waals surface area contributed by atoms with Crippen LogP contribution in [0.5, 0.6) is 0 Å². The van der Waals surface area contributed by atoms with Crippen LogP contribution in [0.2, 0.25) is 0 Å². The maximum absolute atomic E-state index is 12.6. The smallest absolute Gasteiger partial charge is 0.410 e. The molecule has 9 nitrogen and oxygen atoms in total. The van der Waals surface area contributed by atoms with Gasteiger partial charge >= 0.3 is 6.09 Å². The zero-order valence-electron chi connectivity index (χ0n) is 18.7. The lowest BCUT2D eigenvalue weighted by molar-refractivity contribution is 0.0159. The summed E-state index contributed by atoms with van der Waals surface area (Å²) in [6.45, 7) is 9.71. The first-order chi connectivity index (χ1) is 14.7. The first-order valence-electron chi connectivity index (χ1n) is 10.4. The van der Waals surface area contributed by atoms with E-state index in [2.05, 4.69) is 20.9 Å². The van der Waals surface area contributed by atoms with Crippen molar-refractivity contribution in [2.75, 3.05) is 30.3 Å². The van der Waals surface area contributed by atoms with Crippen LogP contribution in [0, 0.1) is 0 Å². The molecule has 1 aliphatic rings. The number of hydrogen-bond donors (Lipinski definition) is 1. The minimum absolute atomic E-state index is 0.0183. The maximum Gasteiger partial charge on any atom is 0.410 e. The highest BCUT2D eigenvalue weighted by Gasteiger charge is 2.32. The van der Waals surface area contributed by atoms with E-state index in [0.29, 0.717) is 31.0 Å². The molecule has 4 rings (SSSR count). The van der Waals surface area contributed by atoms with Gasteiger partial charge in [-0.15, -0.1) is 0 Å². The number of benzene rings is 1. The van der Waals surface area contributed by atoms with Gasteiger partial charge in [0.05, 0.1) is 22.3 Å². The highest BCUT2D eigenvalue weighted by Crippen LogP contribution is 2.33. The molecular formula is C22H29N7O2. The van der Waals surface area contributed by atoms with Crippen molar-refractivity contribution in [2.45, 2.75) is 39.3 Å². The first-order valence-corrected chi connectivity index (χ1v) is 10.4. The van der Waals surface area contributed by atoms with Crippen molar-refractivity contribution in [3.05, 3.63) is 30.7 Å². The van der Waals surface area contributed by atoms with Crippen molar-refractivity contribution in [1.29, 1.82) is 0 Å². The lowest BCUT2D eigenvalue weighted by atomic mass is 10.1. The zero-order valence-corrected chi connectivity index (χ0v) is 18.7. The van der Waals surface area contributed by atoms with Gasteiger partial charge in [0.2, 0.25) is 0 Å². The van der Waals surface area contributed by atoms with E-state index in [4.69, 9.17) is 15.5 Å². The quantitative estimate of drug-likeness (QED) is 0.676. The van der Waals surface area contributed by atoms with E-state index in [9.17, 15) is 4.79 Å². The molecule has 0 radical (unpaired) electrons. The fourth-order valence-electron chi connectivity index (χ4n) is 4.02. The Labute approximate surface area is 181 Å². The monoisotopic (exact) mass is 423 g/mol. The van der Waals surface area contributed by atoms with Gasteiger partial charge in [-0.3, -0.25) is 0 Å². The average molecular weight is 424 g/mol. The highest BCUT2D eigenvalue weighted by atomic mass is 16.6. The number of carbonyl (C=O) groups is 1. The third-order valence-electron chi connectivity index (χ3n) is 5.45. The van der Waals surface area contributed by atoms with Crippen molar-refractivity contribution in [3.63, 3.8) is 0 Å². The fraction of sp³-hybridized carbons (Fsp3) is 0.455. The molecule has 3 heterocycles. The number of amides is 1. The van der Waals surface area contributed by atoms with Gasteiger partial charge in [0.1, 0.15) is 23.6 Å². The number of nitrogens with two attached hydrogens (primary N) is 1. The molecule has 2 aromatic heterocycles. The average Bonchev–Trinajstić information content (AvgIpc) is 3.03. The molecule has 1 amide bonds. The Balaban J connectivity index is 1.64. The molecule has 1 atom stereocenters. The molecule has 1 fully saturated rings. The standard InChI is InChI=1S/C22H29N7O2/c1-14-12-28(9-10-29(14)21(30)31-22(2,3)4)17-8-6-7-16-18(17)27(5)20(26-16)15-11-24-13-25-19(15)23/h6-8,11,13-14H,9-10,12H2,1-5H3,(H2,23,24,25)/t14-/m0/s1.